The number of amides is 1. The number of hydrogen-bond acceptors (Lipinski definition) is 6. The molecule has 9 nitrogen and oxygen atoms in total. The zero-order valence-electron chi connectivity index (χ0n) is 16.9. The van der Waals surface area contributed by atoms with Crippen molar-refractivity contribution in [2.45, 2.75) is 38.3 Å². The van der Waals surface area contributed by atoms with Crippen LogP contribution in [-0.4, -0.2) is 91.0 Å². The van der Waals surface area contributed by atoms with Crippen LogP contribution < -0.4 is 5.32 Å². The Labute approximate surface area is 167 Å². The van der Waals surface area contributed by atoms with E-state index in [1.807, 2.05) is 6.92 Å². The van der Waals surface area contributed by atoms with Gasteiger partial charge in [-0.25, -0.2) is 12.7 Å². The van der Waals surface area contributed by atoms with E-state index < -0.39 is 10.0 Å². The number of rotatable bonds is 7. The molecule has 1 aromatic rings. The van der Waals surface area contributed by atoms with Gasteiger partial charge in [0.25, 0.3) is 5.91 Å². The summed E-state index contributed by atoms with van der Waals surface area (Å²) >= 11 is 0. The summed E-state index contributed by atoms with van der Waals surface area (Å²) in [5.74, 6) is -0.140. The fourth-order valence-corrected chi connectivity index (χ4v) is 5.05. The second-order valence-electron chi connectivity index (χ2n) is 7.70. The van der Waals surface area contributed by atoms with E-state index in [1.54, 1.807) is 22.1 Å². The van der Waals surface area contributed by atoms with E-state index in [4.69, 9.17) is 4.74 Å². The smallest absolute Gasteiger partial charge is 0.269 e. The Kier molecular flexibility index (Phi) is 6.74. The van der Waals surface area contributed by atoms with Crippen LogP contribution in [0, 0.1) is 6.92 Å². The standard InChI is InChI=1S/C18H31N5O4S/c1-14-12-17(21(2)20-14)18(24)19-7-9-23(15-5-10-27-11-6-15)16-4-8-22(13-16)28(3,25)26/h12,15-16H,4-11,13H2,1-3H3,(H,19,24). The Morgan fingerprint density at radius 3 is 2.61 bits per heavy atom. The van der Waals surface area contributed by atoms with Crippen LogP contribution >= 0.6 is 0 Å². The molecule has 0 bridgehead atoms. The molecule has 2 saturated heterocycles. The Hall–Kier alpha value is -1.49. The average molecular weight is 414 g/mol. The van der Waals surface area contributed by atoms with Crippen molar-refractivity contribution in [2.75, 3.05) is 45.6 Å². The molecule has 0 aromatic carbocycles. The quantitative estimate of drug-likeness (QED) is 0.675. The minimum atomic E-state index is -3.17. The molecule has 0 radical (unpaired) electrons. The van der Waals surface area contributed by atoms with E-state index in [-0.39, 0.29) is 11.9 Å². The molecule has 0 saturated carbocycles. The first-order valence-corrected chi connectivity index (χ1v) is 11.7. The van der Waals surface area contributed by atoms with Crippen molar-refractivity contribution < 1.29 is 17.9 Å². The van der Waals surface area contributed by atoms with Crippen LogP contribution in [0.4, 0.5) is 0 Å². The van der Waals surface area contributed by atoms with E-state index in [1.165, 1.54) is 6.26 Å². The van der Waals surface area contributed by atoms with E-state index in [2.05, 4.69) is 15.3 Å². The van der Waals surface area contributed by atoms with Gasteiger partial charge in [0.15, 0.2) is 0 Å². The van der Waals surface area contributed by atoms with Crippen LogP contribution in [0.2, 0.25) is 0 Å². The highest BCUT2D eigenvalue weighted by Crippen LogP contribution is 2.24. The first-order chi connectivity index (χ1) is 13.3. The summed E-state index contributed by atoms with van der Waals surface area (Å²) in [4.78, 5) is 14.8. The Balaban J connectivity index is 1.61. The molecule has 28 heavy (non-hydrogen) atoms. The van der Waals surface area contributed by atoms with Crippen LogP contribution in [0.3, 0.4) is 0 Å². The van der Waals surface area contributed by atoms with Crippen LogP contribution in [0.5, 0.6) is 0 Å². The number of aryl methyl sites for hydroxylation is 2. The van der Waals surface area contributed by atoms with Crippen LogP contribution in [0.15, 0.2) is 6.07 Å². The topological polar surface area (TPSA) is 96.8 Å². The molecule has 0 aliphatic carbocycles. The lowest BCUT2D eigenvalue weighted by molar-refractivity contribution is 0.0194. The predicted octanol–water partition coefficient (Wildman–Crippen LogP) is -0.0268. The molecule has 2 fully saturated rings. The molecule has 1 aromatic heterocycles. The van der Waals surface area contributed by atoms with E-state index in [0.717, 1.165) is 38.2 Å². The summed E-state index contributed by atoms with van der Waals surface area (Å²) in [5.41, 5.74) is 1.35. The summed E-state index contributed by atoms with van der Waals surface area (Å²) in [6.07, 6.45) is 3.96. The summed E-state index contributed by atoms with van der Waals surface area (Å²) in [6, 6.07) is 2.30. The summed E-state index contributed by atoms with van der Waals surface area (Å²) < 4.78 is 32.4. The number of nitrogens with one attached hydrogen (secondary N) is 1. The molecule has 3 heterocycles. The zero-order chi connectivity index (χ0) is 20.3. The van der Waals surface area contributed by atoms with Gasteiger partial charge in [0.2, 0.25) is 10.0 Å². The Bertz CT molecular complexity index is 788. The molecule has 0 spiro atoms. The van der Waals surface area contributed by atoms with Gasteiger partial charge in [-0.05, 0) is 32.3 Å². The SMILES string of the molecule is Cc1cc(C(=O)NCCN(C2CCOCC2)C2CCN(S(C)(=O)=O)C2)n(C)n1. The first-order valence-electron chi connectivity index (χ1n) is 9.83. The van der Waals surface area contributed by atoms with Crippen molar-refractivity contribution in [3.05, 3.63) is 17.5 Å². The number of aromatic nitrogens is 2. The molecule has 10 heteroatoms. The van der Waals surface area contributed by atoms with Gasteiger partial charge in [-0.1, -0.05) is 0 Å². The maximum absolute atomic E-state index is 12.4. The van der Waals surface area contributed by atoms with Gasteiger partial charge in [-0.3, -0.25) is 14.4 Å². The van der Waals surface area contributed by atoms with Gasteiger partial charge < -0.3 is 10.1 Å². The molecule has 2 aliphatic rings. The predicted molar refractivity (Wildman–Crippen MR) is 106 cm³/mol. The van der Waals surface area contributed by atoms with Crippen LogP contribution in [0.1, 0.15) is 35.4 Å². The maximum Gasteiger partial charge on any atom is 0.269 e. The molecule has 1 amide bonds. The number of carbonyl (C=O) groups excluding carboxylic acids is 1. The fraction of sp³-hybridized carbons (Fsp3) is 0.778. The lowest BCUT2D eigenvalue weighted by atomic mass is 10.0. The highest BCUT2D eigenvalue weighted by atomic mass is 32.2. The van der Waals surface area contributed by atoms with Crippen LogP contribution in [0.25, 0.3) is 0 Å². The van der Waals surface area contributed by atoms with E-state index in [0.29, 0.717) is 37.9 Å². The van der Waals surface area contributed by atoms with E-state index in [9.17, 15) is 13.2 Å². The van der Waals surface area contributed by atoms with Crippen molar-refractivity contribution in [3.63, 3.8) is 0 Å². The molecule has 3 rings (SSSR count). The molecular weight excluding hydrogens is 382 g/mol. The highest BCUT2D eigenvalue weighted by molar-refractivity contribution is 7.88. The minimum absolute atomic E-state index is 0.140. The summed E-state index contributed by atoms with van der Waals surface area (Å²) in [6.45, 7) is 5.59. The van der Waals surface area contributed by atoms with E-state index >= 15 is 0 Å². The fourth-order valence-electron chi connectivity index (χ4n) is 4.17. The highest BCUT2D eigenvalue weighted by Gasteiger charge is 2.35. The number of hydrogen-bond donors (Lipinski definition) is 1. The van der Waals surface area contributed by atoms with Gasteiger partial charge in [0, 0.05) is 58.5 Å². The normalized spacial score (nSPS) is 22.1. The van der Waals surface area contributed by atoms with Crippen LogP contribution in [-0.2, 0) is 21.8 Å². The van der Waals surface area contributed by atoms with Gasteiger partial charge >= 0.3 is 0 Å². The number of carbonyl (C=O) groups is 1. The Morgan fingerprint density at radius 2 is 2.04 bits per heavy atom. The molecule has 2 aliphatic heterocycles. The molecule has 1 N–H and O–H groups in total. The van der Waals surface area contributed by atoms with Crippen molar-refractivity contribution in [3.8, 4) is 0 Å². The zero-order valence-corrected chi connectivity index (χ0v) is 17.7. The number of nitrogens with zero attached hydrogens (tertiary/aromatic N) is 4. The second-order valence-corrected chi connectivity index (χ2v) is 9.68. The number of ether oxygens (including phenoxy) is 1. The van der Waals surface area contributed by atoms with Crippen molar-refractivity contribution >= 4 is 15.9 Å². The van der Waals surface area contributed by atoms with Gasteiger partial charge in [0.05, 0.1) is 11.9 Å². The second kappa shape index (κ2) is 8.89. The summed E-state index contributed by atoms with van der Waals surface area (Å²) in [5, 5.41) is 7.20. The monoisotopic (exact) mass is 413 g/mol. The maximum atomic E-state index is 12.4. The molecular formula is C18H31N5O4S. The third-order valence-corrected chi connectivity index (χ3v) is 6.88. The molecule has 1 unspecified atom stereocenters. The lowest BCUT2D eigenvalue weighted by Crippen LogP contribution is -2.50. The van der Waals surface area contributed by atoms with Crippen molar-refractivity contribution in [2.24, 2.45) is 7.05 Å². The Morgan fingerprint density at radius 1 is 1.32 bits per heavy atom. The third kappa shape index (κ3) is 5.11. The minimum Gasteiger partial charge on any atom is -0.381 e. The number of sulfonamides is 1. The molecule has 158 valence electrons. The van der Waals surface area contributed by atoms with Gasteiger partial charge in [-0.15, -0.1) is 0 Å². The summed E-state index contributed by atoms with van der Waals surface area (Å²) in [7, 11) is -1.41. The first kappa shape index (κ1) is 21.2. The van der Waals surface area contributed by atoms with Crippen molar-refractivity contribution in [1.29, 1.82) is 0 Å². The van der Waals surface area contributed by atoms with Gasteiger partial charge in [0.1, 0.15) is 5.69 Å². The molecule has 1 atom stereocenters. The average Bonchev–Trinajstić information content (AvgIpc) is 3.26. The third-order valence-electron chi connectivity index (χ3n) is 5.61. The van der Waals surface area contributed by atoms with Gasteiger partial charge in [-0.2, -0.15) is 5.10 Å². The largest absolute Gasteiger partial charge is 0.381 e. The lowest BCUT2D eigenvalue weighted by Gasteiger charge is -2.38. The van der Waals surface area contributed by atoms with Crippen molar-refractivity contribution in [1.82, 2.24) is 24.3 Å².